The third kappa shape index (κ3) is 3.05. The van der Waals surface area contributed by atoms with E-state index in [0.29, 0.717) is 23.5 Å². The van der Waals surface area contributed by atoms with Gasteiger partial charge in [-0.1, -0.05) is 6.07 Å². The van der Waals surface area contributed by atoms with E-state index in [-0.39, 0.29) is 6.10 Å². The molecule has 2 aliphatic carbocycles. The number of fused-ring (bicyclic) bond motifs is 5. The Morgan fingerprint density at radius 3 is 2.10 bits per heavy atom. The number of nitrogens with two attached hydrogens (primary N) is 2. The van der Waals surface area contributed by atoms with E-state index in [2.05, 4.69) is 22.1 Å². The molecule has 2 heterocycles. The van der Waals surface area contributed by atoms with E-state index in [1.54, 1.807) is 12.4 Å². The third-order valence-corrected chi connectivity index (χ3v) is 6.10. The van der Waals surface area contributed by atoms with E-state index in [0.717, 1.165) is 41.2 Å². The molecule has 0 amide bonds. The zero-order valence-electron chi connectivity index (χ0n) is 16.6. The molecule has 1 saturated carbocycles. The van der Waals surface area contributed by atoms with Crippen molar-refractivity contribution in [3.63, 3.8) is 0 Å². The smallest absolute Gasteiger partial charge is 0.148 e. The normalized spacial score (nSPS) is 21.8. The number of hydrogen-bond acceptors (Lipinski definition) is 6. The van der Waals surface area contributed by atoms with Crippen molar-refractivity contribution in [3.05, 3.63) is 65.0 Å². The number of aromatic nitrogens is 2. The highest BCUT2D eigenvalue weighted by molar-refractivity contribution is 5.50. The number of rotatable bonds is 4. The van der Waals surface area contributed by atoms with Gasteiger partial charge in [0.05, 0.1) is 12.4 Å². The largest absolute Gasteiger partial charge is 0.487 e. The minimum Gasteiger partial charge on any atom is -0.487 e. The summed E-state index contributed by atoms with van der Waals surface area (Å²) in [6, 6.07) is 10.0. The Morgan fingerprint density at radius 1 is 0.828 bits per heavy atom. The lowest BCUT2D eigenvalue weighted by Gasteiger charge is -2.20. The number of nitrogen functional groups attached to an aromatic ring is 2. The van der Waals surface area contributed by atoms with Crippen LogP contribution < -0.4 is 20.9 Å². The van der Waals surface area contributed by atoms with Crippen LogP contribution in [-0.2, 0) is 0 Å². The second kappa shape index (κ2) is 6.65. The highest BCUT2D eigenvalue weighted by Crippen LogP contribution is 2.55. The van der Waals surface area contributed by atoms with Gasteiger partial charge in [-0.3, -0.25) is 0 Å². The molecule has 5 rings (SSSR count). The van der Waals surface area contributed by atoms with Gasteiger partial charge in [0, 0.05) is 11.8 Å². The average Bonchev–Trinajstić information content (AvgIpc) is 3.21. The van der Waals surface area contributed by atoms with Crippen LogP contribution in [-0.4, -0.2) is 16.1 Å². The van der Waals surface area contributed by atoms with Crippen LogP contribution in [0.1, 0.15) is 46.9 Å². The Bertz CT molecular complexity index is 1100. The van der Waals surface area contributed by atoms with Gasteiger partial charge in [0.1, 0.15) is 35.0 Å². The molecular formula is C23H24N4O2. The van der Waals surface area contributed by atoms with Crippen LogP contribution in [0.25, 0.3) is 0 Å². The molecule has 0 spiro atoms. The Morgan fingerprint density at radius 2 is 1.45 bits per heavy atom. The number of anilines is 2. The van der Waals surface area contributed by atoms with E-state index in [1.807, 2.05) is 32.0 Å². The lowest BCUT2D eigenvalue weighted by molar-refractivity contribution is 0.184. The van der Waals surface area contributed by atoms with Crippen LogP contribution in [0.15, 0.2) is 42.7 Å². The summed E-state index contributed by atoms with van der Waals surface area (Å²) >= 11 is 0. The van der Waals surface area contributed by atoms with Gasteiger partial charge in [-0.2, -0.15) is 0 Å². The van der Waals surface area contributed by atoms with Gasteiger partial charge in [0.25, 0.3) is 0 Å². The van der Waals surface area contributed by atoms with Crippen LogP contribution >= 0.6 is 0 Å². The van der Waals surface area contributed by atoms with Crippen molar-refractivity contribution < 1.29 is 9.47 Å². The summed E-state index contributed by atoms with van der Waals surface area (Å²) < 4.78 is 12.5. The Labute approximate surface area is 169 Å². The van der Waals surface area contributed by atoms with Crippen LogP contribution in [0, 0.1) is 13.8 Å². The van der Waals surface area contributed by atoms with Gasteiger partial charge in [-0.25, -0.2) is 9.97 Å². The monoisotopic (exact) mass is 388 g/mol. The van der Waals surface area contributed by atoms with Crippen LogP contribution in [0.3, 0.4) is 0 Å². The zero-order chi connectivity index (χ0) is 20.1. The molecule has 0 aliphatic heterocycles. The van der Waals surface area contributed by atoms with Crippen molar-refractivity contribution in [2.45, 2.75) is 44.6 Å². The van der Waals surface area contributed by atoms with E-state index in [4.69, 9.17) is 20.9 Å². The molecule has 148 valence electrons. The van der Waals surface area contributed by atoms with Crippen molar-refractivity contribution in [2.75, 3.05) is 11.5 Å². The van der Waals surface area contributed by atoms with Crippen LogP contribution in [0.4, 0.5) is 11.6 Å². The average molecular weight is 388 g/mol. The van der Waals surface area contributed by atoms with Crippen molar-refractivity contribution >= 4 is 11.6 Å². The molecule has 0 radical (unpaired) electrons. The van der Waals surface area contributed by atoms with Crippen LogP contribution in [0.2, 0.25) is 0 Å². The SMILES string of the molecule is Cc1cc(N)ncc1Oc1ccc2c(c1)C1CCC2C1Oc1cnc(N)cc1C. The van der Waals surface area contributed by atoms with Crippen molar-refractivity contribution in [2.24, 2.45) is 0 Å². The van der Waals surface area contributed by atoms with Crippen LogP contribution in [0.5, 0.6) is 17.2 Å². The van der Waals surface area contributed by atoms with E-state index in [1.165, 1.54) is 11.1 Å². The molecular weight excluding hydrogens is 364 g/mol. The first-order valence-electron chi connectivity index (χ1n) is 9.92. The number of ether oxygens (including phenoxy) is 2. The quantitative estimate of drug-likeness (QED) is 0.684. The van der Waals surface area contributed by atoms with Crippen molar-refractivity contribution in [1.29, 1.82) is 0 Å². The predicted molar refractivity (Wildman–Crippen MR) is 112 cm³/mol. The van der Waals surface area contributed by atoms with Gasteiger partial charge in [0.15, 0.2) is 0 Å². The minimum absolute atomic E-state index is 0.129. The van der Waals surface area contributed by atoms with Gasteiger partial charge >= 0.3 is 0 Å². The summed E-state index contributed by atoms with van der Waals surface area (Å²) in [6.07, 6.45) is 5.80. The lowest BCUT2D eigenvalue weighted by Crippen LogP contribution is -2.20. The lowest BCUT2D eigenvalue weighted by atomic mass is 9.92. The second-order valence-corrected chi connectivity index (χ2v) is 8.01. The predicted octanol–water partition coefficient (Wildman–Crippen LogP) is 4.47. The minimum atomic E-state index is 0.129. The molecule has 3 unspecified atom stereocenters. The number of benzene rings is 1. The molecule has 2 bridgehead atoms. The first-order valence-corrected chi connectivity index (χ1v) is 9.92. The molecule has 0 saturated heterocycles. The molecule has 2 aliphatic rings. The maximum absolute atomic E-state index is 6.44. The number of nitrogens with zero attached hydrogens (tertiary/aromatic N) is 2. The van der Waals surface area contributed by atoms with Crippen molar-refractivity contribution in [1.82, 2.24) is 9.97 Å². The Hall–Kier alpha value is -3.28. The highest BCUT2D eigenvalue weighted by atomic mass is 16.5. The standard InChI is InChI=1S/C23H24N4O2/c1-12-7-21(24)26-10-19(12)28-14-3-4-15-16-5-6-17(18(15)9-14)23(16)29-20-11-27-22(25)8-13(20)2/h3-4,7-11,16-17,23H,5-6H2,1-2H3,(H2,24,26)(H2,25,27). The molecule has 6 heteroatoms. The van der Waals surface area contributed by atoms with E-state index < -0.39 is 0 Å². The number of pyridine rings is 2. The molecule has 29 heavy (non-hydrogen) atoms. The second-order valence-electron chi connectivity index (χ2n) is 8.01. The molecule has 1 fully saturated rings. The molecule has 3 atom stereocenters. The molecule has 3 aromatic rings. The third-order valence-electron chi connectivity index (χ3n) is 6.10. The molecule has 4 N–H and O–H groups in total. The van der Waals surface area contributed by atoms with Gasteiger partial charge in [-0.05, 0) is 73.2 Å². The summed E-state index contributed by atoms with van der Waals surface area (Å²) in [4.78, 5) is 8.33. The summed E-state index contributed by atoms with van der Waals surface area (Å²) in [5.74, 6) is 4.13. The van der Waals surface area contributed by atoms with Crippen molar-refractivity contribution in [3.8, 4) is 17.2 Å². The highest BCUT2D eigenvalue weighted by Gasteiger charge is 2.47. The fraction of sp³-hybridized carbons (Fsp3) is 0.304. The maximum atomic E-state index is 6.44. The first-order chi connectivity index (χ1) is 14.0. The fourth-order valence-electron chi connectivity index (χ4n) is 4.71. The molecule has 1 aromatic carbocycles. The summed E-state index contributed by atoms with van der Waals surface area (Å²) in [5.41, 5.74) is 16.2. The number of hydrogen-bond donors (Lipinski definition) is 2. The van der Waals surface area contributed by atoms with E-state index >= 15 is 0 Å². The Kier molecular flexibility index (Phi) is 4.08. The molecule has 6 nitrogen and oxygen atoms in total. The summed E-state index contributed by atoms with van der Waals surface area (Å²) in [6.45, 7) is 3.97. The van der Waals surface area contributed by atoms with Gasteiger partial charge in [-0.15, -0.1) is 0 Å². The molecule has 2 aromatic heterocycles. The maximum Gasteiger partial charge on any atom is 0.148 e. The van der Waals surface area contributed by atoms with E-state index in [9.17, 15) is 0 Å². The van der Waals surface area contributed by atoms with Gasteiger partial charge in [0.2, 0.25) is 0 Å². The summed E-state index contributed by atoms with van der Waals surface area (Å²) in [5, 5.41) is 0. The zero-order valence-corrected chi connectivity index (χ0v) is 16.6. The fourth-order valence-corrected chi connectivity index (χ4v) is 4.71. The first kappa shape index (κ1) is 17.8. The number of aryl methyl sites for hydroxylation is 2. The summed E-state index contributed by atoms with van der Waals surface area (Å²) in [7, 11) is 0. The Balaban J connectivity index is 1.41. The van der Waals surface area contributed by atoms with Gasteiger partial charge < -0.3 is 20.9 Å². The topological polar surface area (TPSA) is 96.3 Å².